The molecule has 78 valence electrons. The molecule has 0 aliphatic carbocycles. The van der Waals surface area contributed by atoms with E-state index in [-0.39, 0.29) is 0 Å². The lowest BCUT2D eigenvalue weighted by Crippen LogP contribution is -2.14. The first-order valence-corrected chi connectivity index (χ1v) is 5.12. The zero-order valence-electron chi connectivity index (χ0n) is 9.26. The first kappa shape index (κ1) is 11.1. The summed E-state index contributed by atoms with van der Waals surface area (Å²) in [4.78, 5) is 0. The number of nitrogens with one attached hydrogen (secondary N) is 1. The predicted molar refractivity (Wildman–Crippen MR) is 59.7 cm³/mol. The molecule has 0 aliphatic rings. The van der Waals surface area contributed by atoms with Crippen LogP contribution in [0.3, 0.4) is 0 Å². The van der Waals surface area contributed by atoms with E-state index in [1.54, 1.807) is 7.11 Å². The van der Waals surface area contributed by atoms with Crippen molar-refractivity contribution in [2.45, 2.75) is 26.8 Å². The SMILES string of the molecule is CCCNCc1cccc(OC)c1C. The number of hydrogen-bond donors (Lipinski definition) is 1. The Balaban J connectivity index is 2.66. The molecule has 2 nitrogen and oxygen atoms in total. The van der Waals surface area contributed by atoms with E-state index >= 15 is 0 Å². The number of benzene rings is 1. The summed E-state index contributed by atoms with van der Waals surface area (Å²) in [6.07, 6.45) is 1.17. The number of ether oxygens (including phenoxy) is 1. The standard InChI is InChI=1S/C12H19NO/c1-4-8-13-9-11-6-5-7-12(14-3)10(11)2/h5-7,13H,4,8-9H2,1-3H3. The summed E-state index contributed by atoms with van der Waals surface area (Å²) in [7, 11) is 1.71. The third kappa shape index (κ3) is 2.74. The molecule has 0 amide bonds. The summed E-state index contributed by atoms with van der Waals surface area (Å²) >= 11 is 0. The van der Waals surface area contributed by atoms with Crippen molar-refractivity contribution >= 4 is 0 Å². The Bertz CT molecular complexity index is 284. The first-order chi connectivity index (χ1) is 6.79. The number of rotatable bonds is 5. The van der Waals surface area contributed by atoms with E-state index in [2.05, 4.69) is 25.2 Å². The quantitative estimate of drug-likeness (QED) is 0.725. The summed E-state index contributed by atoms with van der Waals surface area (Å²) in [5.41, 5.74) is 2.55. The molecular formula is C12H19NO. The lowest BCUT2D eigenvalue weighted by molar-refractivity contribution is 0.410. The molecule has 1 aromatic carbocycles. The van der Waals surface area contributed by atoms with Gasteiger partial charge in [0.2, 0.25) is 0 Å². The van der Waals surface area contributed by atoms with Gasteiger partial charge in [0.05, 0.1) is 7.11 Å². The highest BCUT2D eigenvalue weighted by atomic mass is 16.5. The molecule has 0 aliphatic heterocycles. The van der Waals surface area contributed by atoms with Crippen molar-refractivity contribution in [1.82, 2.24) is 5.32 Å². The zero-order valence-corrected chi connectivity index (χ0v) is 9.26. The second kappa shape index (κ2) is 5.66. The third-order valence-electron chi connectivity index (χ3n) is 2.36. The van der Waals surface area contributed by atoms with Crippen LogP contribution in [0.5, 0.6) is 5.75 Å². The van der Waals surface area contributed by atoms with Crippen LogP contribution in [0.2, 0.25) is 0 Å². The van der Waals surface area contributed by atoms with Crippen molar-refractivity contribution in [3.8, 4) is 5.75 Å². The zero-order chi connectivity index (χ0) is 10.4. The Labute approximate surface area is 86.3 Å². The van der Waals surface area contributed by atoms with E-state index in [4.69, 9.17) is 4.74 Å². The average molecular weight is 193 g/mol. The summed E-state index contributed by atoms with van der Waals surface area (Å²) in [5, 5.41) is 3.39. The van der Waals surface area contributed by atoms with Gasteiger partial charge in [0.15, 0.2) is 0 Å². The maximum absolute atomic E-state index is 5.26. The van der Waals surface area contributed by atoms with Crippen molar-refractivity contribution < 1.29 is 4.74 Å². The lowest BCUT2D eigenvalue weighted by Gasteiger charge is -2.10. The van der Waals surface area contributed by atoms with Gasteiger partial charge in [-0.25, -0.2) is 0 Å². The van der Waals surface area contributed by atoms with E-state index in [9.17, 15) is 0 Å². The normalized spacial score (nSPS) is 10.2. The highest BCUT2D eigenvalue weighted by Gasteiger charge is 2.02. The molecular weight excluding hydrogens is 174 g/mol. The Morgan fingerprint density at radius 3 is 2.79 bits per heavy atom. The summed E-state index contributed by atoms with van der Waals surface area (Å²) < 4.78 is 5.26. The van der Waals surface area contributed by atoms with Crippen LogP contribution >= 0.6 is 0 Å². The molecule has 1 aromatic rings. The van der Waals surface area contributed by atoms with Crippen LogP contribution in [0, 0.1) is 6.92 Å². The highest BCUT2D eigenvalue weighted by molar-refractivity contribution is 5.38. The van der Waals surface area contributed by atoms with E-state index < -0.39 is 0 Å². The van der Waals surface area contributed by atoms with Gasteiger partial charge >= 0.3 is 0 Å². The highest BCUT2D eigenvalue weighted by Crippen LogP contribution is 2.20. The molecule has 0 unspecified atom stereocenters. The Kier molecular flexibility index (Phi) is 4.47. The van der Waals surface area contributed by atoms with Crippen molar-refractivity contribution in [3.05, 3.63) is 29.3 Å². The largest absolute Gasteiger partial charge is 0.496 e. The molecule has 0 aromatic heterocycles. The molecule has 0 spiro atoms. The first-order valence-electron chi connectivity index (χ1n) is 5.12. The Morgan fingerprint density at radius 2 is 2.14 bits per heavy atom. The smallest absolute Gasteiger partial charge is 0.122 e. The minimum absolute atomic E-state index is 0.927. The van der Waals surface area contributed by atoms with Crippen LogP contribution in [0.15, 0.2) is 18.2 Å². The van der Waals surface area contributed by atoms with Gasteiger partial charge in [0, 0.05) is 6.54 Å². The van der Waals surface area contributed by atoms with Crippen molar-refractivity contribution in [1.29, 1.82) is 0 Å². The van der Waals surface area contributed by atoms with Crippen LogP contribution in [-0.2, 0) is 6.54 Å². The predicted octanol–water partition coefficient (Wildman–Crippen LogP) is 2.50. The maximum Gasteiger partial charge on any atom is 0.122 e. The van der Waals surface area contributed by atoms with E-state index in [1.165, 1.54) is 17.5 Å². The fraction of sp³-hybridized carbons (Fsp3) is 0.500. The number of methoxy groups -OCH3 is 1. The van der Waals surface area contributed by atoms with Crippen molar-refractivity contribution in [2.24, 2.45) is 0 Å². The monoisotopic (exact) mass is 193 g/mol. The van der Waals surface area contributed by atoms with Crippen LogP contribution in [0.4, 0.5) is 0 Å². The minimum atomic E-state index is 0.927. The van der Waals surface area contributed by atoms with Gasteiger partial charge in [-0.1, -0.05) is 19.1 Å². The van der Waals surface area contributed by atoms with Crippen LogP contribution in [-0.4, -0.2) is 13.7 Å². The molecule has 2 heteroatoms. The lowest BCUT2D eigenvalue weighted by atomic mass is 10.1. The Morgan fingerprint density at radius 1 is 1.36 bits per heavy atom. The van der Waals surface area contributed by atoms with E-state index in [0.717, 1.165) is 18.8 Å². The fourth-order valence-electron chi connectivity index (χ4n) is 1.47. The van der Waals surface area contributed by atoms with E-state index in [1.807, 2.05) is 12.1 Å². The molecule has 0 saturated carbocycles. The van der Waals surface area contributed by atoms with Gasteiger partial charge in [-0.2, -0.15) is 0 Å². The average Bonchev–Trinajstić information content (AvgIpc) is 2.21. The molecule has 14 heavy (non-hydrogen) atoms. The summed E-state index contributed by atoms with van der Waals surface area (Å²) in [5.74, 6) is 0.973. The van der Waals surface area contributed by atoms with Gasteiger partial charge in [-0.05, 0) is 37.1 Å². The van der Waals surface area contributed by atoms with Gasteiger partial charge in [0.1, 0.15) is 5.75 Å². The molecule has 0 saturated heterocycles. The second-order valence-electron chi connectivity index (χ2n) is 3.42. The molecule has 1 rings (SSSR count). The maximum atomic E-state index is 5.26. The molecule has 1 N–H and O–H groups in total. The molecule has 0 bridgehead atoms. The van der Waals surface area contributed by atoms with Gasteiger partial charge < -0.3 is 10.1 Å². The molecule has 0 fully saturated rings. The topological polar surface area (TPSA) is 21.3 Å². The van der Waals surface area contributed by atoms with Gasteiger partial charge in [-0.3, -0.25) is 0 Å². The van der Waals surface area contributed by atoms with Crippen molar-refractivity contribution in [3.63, 3.8) is 0 Å². The van der Waals surface area contributed by atoms with Crippen LogP contribution in [0.1, 0.15) is 24.5 Å². The second-order valence-corrected chi connectivity index (χ2v) is 3.42. The Hall–Kier alpha value is -1.02. The van der Waals surface area contributed by atoms with Crippen LogP contribution < -0.4 is 10.1 Å². The van der Waals surface area contributed by atoms with Gasteiger partial charge in [0.25, 0.3) is 0 Å². The third-order valence-corrected chi connectivity index (χ3v) is 2.36. The minimum Gasteiger partial charge on any atom is -0.496 e. The van der Waals surface area contributed by atoms with E-state index in [0.29, 0.717) is 0 Å². The summed E-state index contributed by atoms with van der Waals surface area (Å²) in [6.45, 7) is 6.26. The number of hydrogen-bond acceptors (Lipinski definition) is 2. The molecule has 0 radical (unpaired) electrons. The van der Waals surface area contributed by atoms with Crippen molar-refractivity contribution in [2.75, 3.05) is 13.7 Å². The van der Waals surface area contributed by atoms with Gasteiger partial charge in [-0.15, -0.1) is 0 Å². The molecule has 0 heterocycles. The fourth-order valence-corrected chi connectivity index (χ4v) is 1.47. The molecule has 0 atom stereocenters. The van der Waals surface area contributed by atoms with Crippen LogP contribution in [0.25, 0.3) is 0 Å². The summed E-state index contributed by atoms with van der Waals surface area (Å²) in [6, 6.07) is 6.17.